The lowest BCUT2D eigenvalue weighted by Gasteiger charge is -2.02. The molecule has 0 amide bonds. The molecule has 0 radical (unpaired) electrons. The van der Waals surface area contributed by atoms with E-state index in [1.54, 1.807) is 24.4 Å². The Balaban J connectivity index is 1.93. The van der Waals surface area contributed by atoms with Crippen LogP contribution in [0.3, 0.4) is 0 Å². The smallest absolute Gasteiger partial charge is 0.357 e. The van der Waals surface area contributed by atoms with Gasteiger partial charge in [-0.15, -0.1) is 11.3 Å². The second-order valence-electron chi connectivity index (χ2n) is 3.74. The van der Waals surface area contributed by atoms with Gasteiger partial charge in [0.2, 0.25) is 0 Å². The van der Waals surface area contributed by atoms with Gasteiger partial charge in [0.05, 0.1) is 6.61 Å². The molecular formula is C13H13FN2O2S. The van der Waals surface area contributed by atoms with Gasteiger partial charge in [-0.1, -0.05) is 12.1 Å². The molecule has 0 spiro atoms. The first-order valence-corrected chi connectivity index (χ1v) is 6.68. The van der Waals surface area contributed by atoms with Crippen molar-refractivity contribution in [1.82, 2.24) is 4.98 Å². The zero-order valence-electron chi connectivity index (χ0n) is 10.4. The summed E-state index contributed by atoms with van der Waals surface area (Å²) < 4.78 is 17.6. The highest BCUT2D eigenvalue weighted by molar-refractivity contribution is 7.13. The number of rotatable bonds is 5. The lowest BCUT2D eigenvalue weighted by Crippen LogP contribution is -2.05. The Morgan fingerprint density at radius 1 is 1.42 bits per heavy atom. The van der Waals surface area contributed by atoms with Gasteiger partial charge in [-0.2, -0.15) is 0 Å². The van der Waals surface area contributed by atoms with E-state index in [0.717, 1.165) is 5.56 Å². The number of hydrogen-bond acceptors (Lipinski definition) is 5. The Morgan fingerprint density at radius 3 is 2.84 bits per heavy atom. The molecule has 1 aromatic carbocycles. The number of nitrogens with one attached hydrogen (secondary N) is 1. The number of anilines is 1. The summed E-state index contributed by atoms with van der Waals surface area (Å²) >= 11 is 1.33. The van der Waals surface area contributed by atoms with E-state index in [9.17, 15) is 9.18 Å². The molecule has 0 aliphatic heterocycles. The molecule has 1 heterocycles. The molecule has 1 N–H and O–H groups in total. The molecule has 0 fully saturated rings. The van der Waals surface area contributed by atoms with E-state index in [2.05, 4.69) is 10.3 Å². The average Bonchev–Trinajstić information content (AvgIpc) is 2.87. The molecule has 0 bridgehead atoms. The van der Waals surface area contributed by atoms with Crippen molar-refractivity contribution in [2.24, 2.45) is 0 Å². The van der Waals surface area contributed by atoms with Crippen LogP contribution in [0.2, 0.25) is 0 Å². The number of halogens is 1. The van der Waals surface area contributed by atoms with E-state index in [1.807, 2.05) is 0 Å². The van der Waals surface area contributed by atoms with Crippen LogP contribution in [0.5, 0.6) is 0 Å². The molecule has 0 saturated heterocycles. The molecule has 4 nitrogen and oxygen atoms in total. The van der Waals surface area contributed by atoms with Gasteiger partial charge in [0.15, 0.2) is 10.8 Å². The minimum Gasteiger partial charge on any atom is -0.461 e. The van der Waals surface area contributed by atoms with Crippen molar-refractivity contribution in [1.29, 1.82) is 0 Å². The number of carbonyl (C=O) groups excluding carboxylic acids is 1. The van der Waals surface area contributed by atoms with Crippen LogP contribution in [0.1, 0.15) is 23.0 Å². The molecule has 0 atom stereocenters. The van der Waals surface area contributed by atoms with Crippen molar-refractivity contribution < 1.29 is 13.9 Å². The largest absolute Gasteiger partial charge is 0.461 e. The highest BCUT2D eigenvalue weighted by atomic mass is 32.1. The number of thiazole rings is 1. The van der Waals surface area contributed by atoms with Crippen LogP contribution < -0.4 is 5.32 Å². The fourth-order valence-corrected chi connectivity index (χ4v) is 2.11. The molecule has 6 heteroatoms. The van der Waals surface area contributed by atoms with Gasteiger partial charge in [0.1, 0.15) is 5.82 Å². The first-order chi connectivity index (χ1) is 9.19. The van der Waals surface area contributed by atoms with Crippen LogP contribution in [0, 0.1) is 5.82 Å². The fraction of sp³-hybridized carbons (Fsp3) is 0.231. The third-order valence-corrected chi connectivity index (χ3v) is 3.15. The van der Waals surface area contributed by atoms with E-state index < -0.39 is 5.97 Å². The van der Waals surface area contributed by atoms with E-state index >= 15 is 0 Å². The average molecular weight is 280 g/mol. The van der Waals surface area contributed by atoms with E-state index in [1.165, 1.54) is 23.5 Å². The quantitative estimate of drug-likeness (QED) is 0.855. The second-order valence-corrected chi connectivity index (χ2v) is 4.60. The molecule has 2 aromatic rings. The molecule has 0 aliphatic rings. The summed E-state index contributed by atoms with van der Waals surface area (Å²) in [6, 6.07) is 6.20. The van der Waals surface area contributed by atoms with Crippen molar-refractivity contribution in [2.75, 3.05) is 11.9 Å². The molecule has 19 heavy (non-hydrogen) atoms. The lowest BCUT2D eigenvalue weighted by molar-refractivity contribution is 0.0520. The van der Waals surface area contributed by atoms with Crippen molar-refractivity contribution in [2.45, 2.75) is 13.5 Å². The molecule has 0 saturated carbocycles. The van der Waals surface area contributed by atoms with Gasteiger partial charge in [-0.3, -0.25) is 0 Å². The van der Waals surface area contributed by atoms with Crippen molar-refractivity contribution in [3.05, 3.63) is 46.7 Å². The van der Waals surface area contributed by atoms with Gasteiger partial charge < -0.3 is 10.1 Å². The minimum absolute atomic E-state index is 0.261. The third kappa shape index (κ3) is 3.75. The number of benzene rings is 1. The maximum atomic E-state index is 12.7. The SMILES string of the molecule is CCOC(=O)c1csc(NCc2ccc(F)cc2)n1. The van der Waals surface area contributed by atoms with Gasteiger partial charge in [0.25, 0.3) is 0 Å². The van der Waals surface area contributed by atoms with Gasteiger partial charge >= 0.3 is 5.97 Å². The van der Waals surface area contributed by atoms with Crippen LogP contribution in [0.25, 0.3) is 0 Å². The van der Waals surface area contributed by atoms with E-state index in [0.29, 0.717) is 24.0 Å². The molecule has 2 rings (SSSR count). The fourth-order valence-electron chi connectivity index (χ4n) is 1.43. The molecule has 0 aliphatic carbocycles. The summed E-state index contributed by atoms with van der Waals surface area (Å²) in [4.78, 5) is 15.5. The Morgan fingerprint density at radius 2 is 2.16 bits per heavy atom. The predicted molar refractivity (Wildman–Crippen MR) is 71.8 cm³/mol. The Labute approximate surface area is 114 Å². The van der Waals surface area contributed by atoms with Crippen LogP contribution in [-0.4, -0.2) is 17.6 Å². The highest BCUT2D eigenvalue weighted by Gasteiger charge is 2.11. The normalized spacial score (nSPS) is 10.2. The summed E-state index contributed by atoms with van der Waals surface area (Å²) in [6.07, 6.45) is 0. The molecular weight excluding hydrogens is 267 g/mol. The minimum atomic E-state index is -0.423. The summed E-state index contributed by atoms with van der Waals surface area (Å²) in [5.74, 6) is -0.684. The van der Waals surface area contributed by atoms with Gasteiger partial charge in [-0.25, -0.2) is 14.2 Å². The number of nitrogens with zero attached hydrogens (tertiary/aromatic N) is 1. The summed E-state index contributed by atoms with van der Waals surface area (Å²) in [5, 5.41) is 5.35. The zero-order valence-corrected chi connectivity index (χ0v) is 11.2. The summed E-state index contributed by atoms with van der Waals surface area (Å²) in [7, 11) is 0. The van der Waals surface area contributed by atoms with Crippen LogP contribution in [0.15, 0.2) is 29.6 Å². The maximum Gasteiger partial charge on any atom is 0.357 e. The van der Waals surface area contributed by atoms with Crippen molar-refractivity contribution in [3.63, 3.8) is 0 Å². The Hall–Kier alpha value is -1.95. The zero-order chi connectivity index (χ0) is 13.7. The van der Waals surface area contributed by atoms with Crippen molar-refractivity contribution >= 4 is 22.4 Å². The van der Waals surface area contributed by atoms with E-state index in [4.69, 9.17) is 4.74 Å². The topological polar surface area (TPSA) is 51.2 Å². The first kappa shape index (κ1) is 13.5. The second kappa shape index (κ2) is 6.29. The maximum absolute atomic E-state index is 12.7. The monoisotopic (exact) mass is 280 g/mol. The molecule has 100 valence electrons. The highest BCUT2D eigenvalue weighted by Crippen LogP contribution is 2.17. The van der Waals surface area contributed by atoms with Crippen LogP contribution in [0.4, 0.5) is 9.52 Å². The van der Waals surface area contributed by atoms with Gasteiger partial charge in [0, 0.05) is 11.9 Å². The number of esters is 1. The number of aromatic nitrogens is 1. The van der Waals surface area contributed by atoms with Crippen molar-refractivity contribution in [3.8, 4) is 0 Å². The Bertz CT molecular complexity index is 554. The lowest BCUT2D eigenvalue weighted by atomic mass is 10.2. The Kier molecular flexibility index (Phi) is 4.46. The van der Waals surface area contributed by atoms with Crippen LogP contribution >= 0.6 is 11.3 Å². The van der Waals surface area contributed by atoms with Gasteiger partial charge in [-0.05, 0) is 24.6 Å². The number of carbonyl (C=O) groups is 1. The molecule has 0 unspecified atom stereocenters. The van der Waals surface area contributed by atoms with E-state index in [-0.39, 0.29) is 5.82 Å². The standard InChI is InChI=1S/C13H13FN2O2S/c1-2-18-12(17)11-8-19-13(16-11)15-7-9-3-5-10(14)6-4-9/h3-6,8H,2,7H2,1H3,(H,15,16). The molecule has 1 aromatic heterocycles. The van der Waals surface area contributed by atoms with Crippen LogP contribution in [-0.2, 0) is 11.3 Å². The predicted octanol–water partition coefficient (Wildman–Crippen LogP) is 3.07. The summed E-state index contributed by atoms with van der Waals surface area (Å²) in [6.45, 7) is 2.60. The number of ether oxygens (including phenoxy) is 1. The third-order valence-electron chi connectivity index (χ3n) is 2.35. The first-order valence-electron chi connectivity index (χ1n) is 5.80. The summed E-state index contributed by atoms with van der Waals surface area (Å²) in [5.41, 5.74) is 1.24. The number of hydrogen-bond donors (Lipinski definition) is 1.